The highest BCUT2D eigenvalue weighted by atomic mass is 32.2. The highest BCUT2D eigenvalue weighted by Gasteiger charge is 2.26. The lowest BCUT2D eigenvalue weighted by Crippen LogP contribution is -2.33. The highest BCUT2D eigenvalue weighted by molar-refractivity contribution is 8.18. The molecule has 6 rings (SSSR count). The molecule has 0 radical (unpaired) electrons. The lowest BCUT2D eigenvalue weighted by molar-refractivity contribution is -0.115. The van der Waals surface area contributed by atoms with E-state index < -0.39 is 5.91 Å². The molecule has 3 aliphatic heterocycles. The summed E-state index contributed by atoms with van der Waals surface area (Å²) in [6.45, 7) is 7.17. The van der Waals surface area contributed by atoms with Gasteiger partial charge in [-0.25, -0.2) is 9.97 Å². The number of thioether (sulfide) groups is 1. The molecular formula is C29H33N9O2S. The molecule has 212 valence electrons. The van der Waals surface area contributed by atoms with Crippen LogP contribution < -0.4 is 24.9 Å². The molecule has 41 heavy (non-hydrogen) atoms. The molecule has 1 aromatic carbocycles. The second-order valence-corrected chi connectivity index (χ2v) is 11.4. The number of anilines is 5. The van der Waals surface area contributed by atoms with Crippen LogP contribution in [0, 0.1) is 6.92 Å². The van der Waals surface area contributed by atoms with E-state index in [-0.39, 0.29) is 5.24 Å². The van der Waals surface area contributed by atoms with E-state index in [0.29, 0.717) is 28.9 Å². The predicted molar refractivity (Wildman–Crippen MR) is 163 cm³/mol. The number of aromatic nitrogens is 4. The fourth-order valence-corrected chi connectivity index (χ4v) is 5.94. The molecule has 2 aromatic heterocycles. The maximum atomic E-state index is 12.3. The van der Waals surface area contributed by atoms with Gasteiger partial charge in [0.25, 0.3) is 11.1 Å². The summed E-state index contributed by atoms with van der Waals surface area (Å²) in [5.41, 5.74) is 2.53. The summed E-state index contributed by atoms with van der Waals surface area (Å²) in [4.78, 5) is 52.5. The van der Waals surface area contributed by atoms with Gasteiger partial charge in [-0.2, -0.15) is 9.97 Å². The topological polar surface area (TPSA) is 111 Å². The van der Waals surface area contributed by atoms with Crippen LogP contribution in [0.4, 0.5) is 34.0 Å². The van der Waals surface area contributed by atoms with Gasteiger partial charge in [0.1, 0.15) is 11.6 Å². The van der Waals surface area contributed by atoms with E-state index in [0.717, 1.165) is 74.1 Å². The monoisotopic (exact) mass is 571 g/mol. The van der Waals surface area contributed by atoms with Crippen LogP contribution in [-0.4, -0.2) is 77.4 Å². The molecule has 0 atom stereocenters. The molecule has 5 heterocycles. The molecule has 3 aliphatic rings. The molecule has 0 aliphatic carbocycles. The number of carbonyl (C=O) groups excluding carboxylic acids is 2. The van der Waals surface area contributed by atoms with E-state index >= 15 is 0 Å². The fraction of sp³-hybridized carbons (Fsp3) is 0.379. The quantitative estimate of drug-likeness (QED) is 0.434. The Bertz CT molecular complexity index is 1480. The molecular weight excluding hydrogens is 538 g/mol. The lowest BCUT2D eigenvalue weighted by Gasteiger charge is -2.25. The standard InChI is InChI=1S/C29H33N9O2S/c1-20-17-25(33-27(30-20)37-11-6-7-12-37)36-13-8-14-38(16-15-36)28-31-21(18-23-26(39)34-29(40)41-23)19-24(32-28)35(2)22-9-4-3-5-10-22/h3-5,9-10,17-19H,6-8,11-16H2,1-2H3,(H,34,39,40)/b23-18-. The molecule has 0 bridgehead atoms. The minimum absolute atomic E-state index is 0.322. The van der Waals surface area contributed by atoms with Gasteiger partial charge < -0.3 is 19.6 Å². The van der Waals surface area contributed by atoms with Gasteiger partial charge in [0, 0.05) is 69.8 Å². The first-order chi connectivity index (χ1) is 19.9. The molecule has 3 aromatic rings. The van der Waals surface area contributed by atoms with Gasteiger partial charge >= 0.3 is 0 Å². The summed E-state index contributed by atoms with van der Waals surface area (Å²) in [7, 11) is 1.96. The largest absolute Gasteiger partial charge is 0.355 e. The Balaban J connectivity index is 1.28. The smallest absolute Gasteiger partial charge is 0.290 e. The number of hydrogen-bond acceptors (Lipinski definition) is 11. The molecule has 11 nitrogen and oxygen atoms in total. The van der Waals surface area contributed by atoms with Gasteiger partial charge in [0.05, 0.1) is 10.6 Å². The number of rotatable bonds is 6. The molecule has 12 heteroatoms. The third-order valence-corrected chi connectivity index (χ3v) is 8.26. The van der Waals surface area contributed by atoms with Gasteiger partial charge in [-0.15, -0.1) is 0 Å². The third-order valence-electron chi connectivity index (χ3n) is 7.45. The average molecular weight is 572 g/mol. The van der Waals surface area contributed by atoms with Crippen molar-refractivity contribution in [2.24, 2.45) is 0 Å². The number of hydrogen-bond donors (Lipinski definition) is 1. The molecule has 3 fully saturated rings. The number of nitrogens with zero attached hydrogens (tertiary/aromatic N) is 8. The number of benzene rings is 1. The van der Waals surface area contributed by atoms with Crippen LogP contribution in [0.15, 0.2) is 47.4 Å². The van der Waals surface area contributed by atoms with Crippen LogP contribution >= 0.6 is 11.8 Å². The number of nitrogens with one attached hydrogen (secondary N) is 1. The Labute approximate surface area is 243 Å². The van der Waals surface area contributed by atoms with Crippen molar-refractivity contribution in [2.45, 2.75) is 26.2 Å². The molecule has 0 saturated carbocycles. The molecule has 3 saturated heterocycles. The Morgan fingerprint density at radius 2 is 1.51 bits per heavy atom. The van der Waals surface area contributed by atoms with Gasteiger partial charge in [0.2, 0.25) is 11.9 Å². The van der Waals surface area contributed by atoms with Crippen molar-refractivity contribution in [1.82, 2.24) is 25.3 Å². The van der Waals surface area contributed by atoms with E-state index in [4.69, 9.17) is 19.9 Å². The first kappa shape index (κ1) is 27.0. The van der Waals surface area contributed by atoms with E-state index in [2.05, 4.69) is 26.1 Å². The predicted octanol–water partition coefficient (Wildman–Crippen LogP) is 3.98. The third kappa shape index (κ3) is 6.12. The summed E-state index contributed by atoms with van der Waals surface area (Å²) >= 11 is 0.885. The minimum Gasteiger partial charge on any atom is -0.355 e. The van der Waals surface area contributed by atoms with Crippen LogP contribution in [0.1, 0.15) is 30.7 Å². The average Bonchev–Trinajstić information content (AvgIpc) is 3.54. The zero-order chi connectivity index (χ0) is 28.3. The van der Waals surface area contributed by atoms with Crippen molar-refractivity contribution in [1.29, 1.82) is 0 Å². The van der Waals surface area contributed by atoms with Gasteiger partial charge in [0.15, 0.2) is 0 Å². The van der Waals surface area contributed by atoms with Gasteiger partial charge in [-0.05, 0) is 56.2 Å². The number of amides is 2. The van der Waals surface area contributed by atoms with Crippen LogP contribution in [0.25, 0.3) is 6.08 Å². The highest BCUT2D eigenvalue weighted by Crippen LogP contribution is 2.29. The van der Waals surface area contributed by atoms with Crippen LogP contribution in [0.5, 0.6) is 0 Å². The van der Waals surface area contributed by atoms with E-state index in [1.165, 1.54) is 12.8 Å². The summed E-state index contributed by atoms with van der Waals surface area (Å²) in [6.07, 6.45) is 4.93. The SMILES string of the molecule is Cc1cc(N2CCCN(c3nc(/C=C4\SC(=O)NC4=O)cc(N(C)c4ccccc4)n3)CC2)nc(N2CCCC2)n1. The summed E-state index contributed by atoms with van der Waals surface area (Å²) < 4.78 is 0. The number of carbonyl (C=O) groups is 2. The Hall–Kier alpha value is -4.19. The Kier molecular flexibility index (Phi) is 7.73. The Morgan fingerprint density at radius 1 is 0.829 bits per heavy atom. The number of aryl methyl sites for hydroxylation is 1. The lowest BCUT2D eigenvalue weighted by atomic mass is 10.2. The summed E-state index contributed by atoms with van der Waals surface area (Å²) in [5.74, 6) is 2.66. The molecule has 0 unspecified atom stereocenters. The zero-order valence-electron chi connectivity index (χ0n) is 23.3. The maximum absolute atomic E-state index is 12.3. The van der Waals surface area contributed by atoms with Crippen LogP contribution in [0.2, 0.25) is 0 Å². The second-order valence-electron chi connectivity index (χ2n) is 10.4. The van der Waals surface area contributed by atoms with Crippen molar-refractivity contribution in [2.75, 3.05) is 65.9 Å². The van der Waals surface area contributed by atoms with Gasteiger partial charge in [-0.1, -0.05) is 18.2 Å². The maximum Gasteiger partial charge on any atom is 0.290 e. The minimum atomic E-state index is -0.406. The van der Waals surface area contributed by atoms with Crippen molar-refractivity contribution in [3.63, 3.8) is 0 Å². The second kappa shape index (κ2) is 11.7. The van der Waals surface area contributed by atoms with E-state index in [1.54, 1.807) is 6.08 Å². The number of para-hydroxylation sites is 1. The molecule has 1 N–H and O–H groups in total. The zero-order valence-corrected chi connectivity index (χ0v) is 24.1. The fourth-order valence-electron chi connectivity index (χ4n) is 5.27. The normalized spacial score (nSPS) is 18.7. The first-order valence-corrected chi connectivity index (χ1v) is 14.8. The van der Waals surface area contributed by atoms with Gasteiger partial charge in [-0.3, -0.25) is 14.9 Å². The molecule has 0 spiro atoms. The van der Waals surface area contributed by atoms with Crippen molar-refractivity contribution in [3.05, 3.63) is 58.8 Å². The van der Waals surface area contributed by atoms with E-state index in [1.807, 2.05) is 55.3 Å². The van der Waals surface area contributed by atoms with Crippen molar-refractivity contribution < 1.29 is 9.59 Å². The summed E-state index contributed by atoms with van der Waals surface area (Å²) in [5, 5.41) is 1.94. The summed E-state index contributed by atoms with van der Waals surface area (Å²) in [6, 6.07) is 13.9. The Morgan fingerprint density at radius 3 is 2.27 bits per heavy atom. The molecule has 2 amide bonds. The number of imide groups is 1. The van der Waals surface area contributed by atoms with Crippen LogP contribution in [0.3, 0.4) is 0 Å². The van der Waals surface area contributed by atoms with Crippen LogP contribution in [-0.2, 0) is 4.79 Å². The van der Waals surface area contributed by atoms with Crippen molar-refractivity contribution >= 4 is 58.2 Å². The van der Waals surface area contributed by atoms with Crippen molar-refractivity contribution in [3.8, 4) is 0 Å². The first-order valence-electron chi connectivity index (χ1n) is 14.0. The van der Waals surface area contributed by atoms with E-state index in [9.17, 15) is 9.59 Å².